The highest BCUT2D eigenvalue weighted by atomic mass is 14.8. The van der Waals surface area contributed by atoms with Gasteiger partial charge in [0.2, 0.25) is 0 Å². The molecule has 0 saturated heterocycles. The molecule has 3 nitrogen and oxygen atoms in total. The lowest BCUT2D eigenvalue weighted by Crippen LogP contribution is -1.88. The topological polar surface area (TPSA) is 38.1 Å². The Labute approximate surface area is 86.5 Å². The minimum absolute atomic E-state index is 0.953. The highest BCUT2D eigenvalue weighted by molar-refractivity contribution is 5.94. The highest BCUT2D eigenvalue weighted by Gasteiger charge is 2.05. The second-order valence-corrected chi connectivity index (χ2v) is 3.25. The molecule has 3 heteroatoms. The number of hydrogen-bond donors (Lipinski definition) is 0. The molecule has 0 unspecified atom stereocenters. The summed E-state index contributed by atoms with van der Waals surface area (Å²) in [6.07, 6.45) is 8.90. The van der Waals surface area contributed by atoms with Gasteiger partial charge in [-0.15, -0.1) is 0 Å². The quantitative estimate of drug-likeness (QED) is 0.643. The van der Waals surface area contributed by atoms with Gasteiger partial charge in [-0.2, -0.15) is 0 Å². The Kier molecular flexibility index (Phi) is 1.70. The van der Waals surface area contributed by atoms with Crippen LogP contribution in [0.25, 0.3) is 23.1 Å². The Morgan fingerprint density at radius 1 is 1.20 bits per heavy atom. The van der Waals surface area contributed by atoms with E-state index < -0.39 is 0 Å². The lowest BCUT2D eigenvalue weighted by Gasteiger charge is -2.03. The summed E-state index contributed by atoms with van der Waals surface area (Å²) >= 11 is 0. The number of nitrogens with zero attached hydrogens (tertiary/aromatic N) is 3. The number of hydrogen-bond acceptors (Lipinski definition) is 3. The maximum Gasteiger partial charge on any atom is 0.116 e. The van der Waals surface area contributed by atoms with Gasteiger partial charge in [0.25, 0.3) is 0 Å². The van der Waals surface area contributed by atoms with E-state index in [0.29, 0.717) is 0 Å². The lowest BCUT2D eigenvalue weighted by molar-refractivity contribution is 1.22. The number of rotatable bonds is 0. The first kappa shape index (κ1) is 8.09. The van der Waals surface area contributed by atoms with Crippen molar-refractivity contribution < 1.29 is 0 Å². The molecule has 2 heterocycles. The molecule has 1 aliphatic heterocycles. The molecule has 0 saturated carbocycles. The van der Waals surface area contributed by atoms with Gasteiger partial charge >= 0.3 is 0 Å². The smallest absolute Gasteiger partial charge is 0.116 e. The summed E-state index contributed by atoms with van der Waals surface area (Å²) in [6.45, 7) is 0. The molecule has 0 N–H and O–H groups in total. The van der Waals surface area contributed by atoms with Crippen molar-refractivity contribution in [1.82, 2.24) is 9.97 Å². The van der Waals surface area contributed by atoms with Crippen LogP contribution in [0.1, 0.15) is 11.1 Å². The summed E-state index contributed by atoms with van der Waals surface area (Å²) in [5.74, 6) is 2.84. The van der Waals surface area contributed by atoms with Crippen LogP contribution in [0.2, 0.25) is 0 Å². The maximum absolute atomic E-state index is 4.28. The normalized spacial score (nSPS) is 12.8. The van der Waals surface area contributed by atoms with Crippen molar-refractivity contribution in [1.29, 1.82) is 0 Å². The van der Waals surface area contributed by atoms with E-state index in [0.717, 1.165) is 22.0 Å². The second kappa shape index (κ2) is 3.15. The molecular formula is C12H7N3. The fraction of sp³-hybridized carbons (Fsp3) is 0. The molecule has 0 atom stereocenters. The summed E-state index contributed by atoms with van der Waals surface area (Å²) in [7, 11) is 0. The maximum atomic E-state index is 4.28. The Bertz CT molecular complexity index is 620. The molecule has 1 aromatic carbocycles. The third-order valence-electron chi connectivity index (χ3n) is 2.36. The standard InChI is InChI=1S/C12H7N3/c1-2-10-7-14-8-15-12(10)11-4-6-13-5-3-9(1)11/h1-4,6-8H. The van der Waals surface area contributed by atoms with Crippen molar-refractivity contribution >= 4 is 28.9 Å². The zero-order chi connectivity index (χ0) is 10.1. The van der Waals surface area contributed by atoms with E-state index in [1.54, 1.807) is 12.5 Å². The van der Waals surface area contributed by atoms with Crippen LogP contribution in [0.4, 0.5) is 0 Å². The van der Waals surface area contributed by atoms with Gasteiger partial charge < -0.3 is 0 Å². The third-order valence-corrected chi connectivity index (χ3v) is 2.36. The molecule has 15 heavy (non-hydrogen) atoms. The first-order valence-corrected chi connectivity index (χ1v) is 4.63. The van der Waals surface area contributed by atoms with E-state index in [4.69, 9.17) is 0 Å². The fourth-order valence-corrected chi connectivity index (χ4v) is 1.66. The summed E-state index contributed by atoms with van der Waals surface area (Å²) in [4.78, 5) is 12.2. The van der Waals surface area contributed by atoms with Gasteiger partial charge in [-0.25, -0.2) is 15.0 Å². The number of aromatic nitrogens is 2. The van der Waals surface area contributed by atoms with Crippen LogP contribution in [-0.4, -0.2) is 15.8 Å². The summed E-state index contributed by atoms with van der Waals surface area (Å²) < 4.78 is 0. The third kappa shape index (κ3) is 1.26. The molecule has 0 radical (unpaired) electrons. The predicted octanol–water partition coefficient (Wildman–Crippen LogP) is 2.30. The average molecular weight is 193 g/mol. The molecule has 1 aliphatic rings. The number of fused-ring (bicyclic) bond motifs is 3. The van der Waals surface area contributed by atoms with Crippen molar-refractivity contribution in [2.24, 2.45) is 4.99 Å². The second-order valence-electron chi connectivity index (χ2n) is 3.25. The van der Waals surface area contributed by atoms with Gasteiger partial charge in [0, 0.05) is 29.4 Å². The van der Waals surface area contributed by atoms with E-state index in [9.17, 15) is 0 Å². The van der Waals surface area contributed by atoms with Crippen LogP contribution in [0.3, 0.4) is 0 Å². The minimum atomic E-state index is 0.953. The van der Waals surface area contributed by atoms with Crippen molar-refractivity contribution in [3.63, 3.8) is 0 Å². The summed E-state index contributed by atoms with van der Waals surface area (Å²) in [6, 6.07) is 4.03. The van der Waals surface area contributed by atoms with Crippen molar-refractivity contribution in [3.05, 3.63) is 42.0 Å². The van der Waals surface area contributed by atoms with Crippen LogP contribution < -0.4 is 0 Å². The molecule has 2 aromatic rings. The largest absolute Gasteiger partial charge is 0.244 e. The molecule has 3 rings (SSSR count). The Hall–Kier alpha value is -2.25. The molecule has 1 aromatic heterocycles. The molecular weight excluding hydrogens is 186 g/mol. The Morgan fingerprint density at radius 3 is 3.20 bits per heavy atom. The molecule has 0 aliphatic carbocycles. The Morgan fingerprint density at radius 2 is 2.20 bits per heavy atom. The molecule has 70 valence electrons. The SMILES string of the molecule is C1=Cc2ccc3cncnc3c2C=CN=1. The van der Waals surface area contributed by atoms with E-state index >= 15 is 0 Å². The van der Waals surface area contributed by atoms with Crippen LogP contribution >= 0.6 is 0 Å². The van der Waals surface area contributed by atoms with Crippen LogP contribution in [0, 0.1) is 0 Å². The van der Waals surface area contributed by atoms with Gasteiger partial charge in [0.1, 0.15) is 6.33 Å². The molecule has 0 bridgehead atoms. The first-order valence-electron chi connectivity index (χ1n) is 4.63. The summed E-state index contributed by atoms with van der Waals surface area (Å²) in [5, 5.41) is 1.04. The predicted molar refractivity (Wildman–Crippen MR) is 60.5 cm³/mol. The minimum Gasteiger partial charge on any atom is -0.244 e. The molecule has 0 fully saturated rings. The van der Waals surface area contributed by atoms with E-state index in [1.165, 1.54) is 0 Å². The van der Waals surface area contributed by atoms with E-state index in [1.807, 2.05) is 30.5 Å². The van der Waals surface area contributed by atoms with Crippen LogP contribution in [0.15, 0.2) is 35.8 Å². The molecule has 0 amide bonds. The first-order chi connectivity index (χ1) is 7.45. The number of benzene rings is 1. The van der Waals surface area contributed by atoms with Gasteiger partial charge in [0.05, 0.1) is 5.52 Å². The zero-order valence-electron chi connectivity index (χ0n) is 7.88. The lowest BCUT2D eigenvalue weighted by atomic mass is 10.0. The van der Waals surface area contributed by atoms with Crippen LogP contribution in [0.5, 0.6) is 0 Å². The van der Waals surface area contributed by atoms with Crippen molar-refractivity contribution in [3.8, 4) is 0 Å². The van der Waals surface area contributed by atoms with Gasteiger partial charge in [-0.05, 0) is 17.5 Å². The van der Waals surface area contributed by atoms with E-state index in [-0.39, 0.29) is 0 Å². The fourth-order valence-electron chi connectivity index (χ4n) is 1.66. The highest BCUT2D eigenvalue weighted by Crippen LogP contribution is 2.22. The van der Waals surface area contributed by atoms with Gasteiger partial charge in [-0.1, -0.05) is 12.1 Å². The molecule has 0 spiro atoms. The summed E-state index contributed by atoms with van der Waals surface area (Å²) in [5.41, 5.74) is 3.11. The van der Waals surface area contributed by atoms with Crippen molar-refractivity contribution in [2.45, 2.75) is 0 Å². The van der Waals surface area contributed by atoms with Gasteiger partial charge in [-0.3, -0.25) is 0 Å². The zero-order valence-corrected chi connectivity index (χ0v) is 7.88. The average Bonchev–Trinajstić information content (AvgIpc) is 2.54. The van der Waals surface area contributed by atoms with E-state index in [2.05, 4.69) is 20.8 Å². The van der Waals surface area contributed by atoms with Crippen LogP contribution in [-0.2, 0) is 0 Å². The number of aliphatic imine (C=N–C) groups is 1. The van der Waals surface area contributed by atoms with Crippen molar-refractivity contribution in [2.75, 3.05) is 0 Å². The monoisotopic (exact) mass is 193 g/mol. The Balaban J connectivity index is 2.45. The van der Waals surface area contributed by atoms with Gasteiger partial charge in [0.15, 0.2) is 0 Å².